The number of anilines is 4. The van der Waals surface area contributed by atoms with E-state index in [0.717, 1.165) is 5.69 Å². The first-order valence-electron chi connectivity index (χ1n) is 18.8. The number of amides is 6. The highest BCUT2D eigenvalue weighted by Crippen LogP contribution is 2.26. The maximum absolute atomic E-state index is 12.9. The smallest absolute Gasteiger partial charge is 0.327 e. The number of fused-ring (bicyclic) bond motifs is 1. The van der Waals surface area contributed by atoms with Gasteiger partial charge in [-0.15, -0.1) is 0 Å². The predicted molar refractivity (Wildman–Crippen MR) is 225 cm³/mol. The molecule has 3 unspecified atom stereocenters. The van der Waals surface area contributed by atoms with Gasteiger partial charge in [0, 0.05) is 63.7 Å². The van der Waals surface area contributed by atoms with Crippen LogP contribution >= 0.6 is 12.6 Å². The Morgan fingerprint density at radius 3 is 2.18 bits per heavy atom. The average Bonchev–Trinajstić information content (AvgIpc) is 3.20. The molecule has 0 aliphatic carbocycles. The Morgan fingerprint density at radius 2 is 1.55 bits per heavy atom. The van der Waals surface area contributed by atoms with Crippen LogP contribution in [0.3, 0.4) is 0 Å². The molecule has 2 heterocycles. The summed E-state index contributed by atoms with van der Waals surface area (Å²) in [5.74, 6) is -5.10. The van der Waals surface area contributed by atoms with Crippen LogP contribution in [-0.4, -0.2) is 146 Å². The molecule has 3 rings (SSSR count). The minimum atomic E-state index is -1.30. The predicted octanol–water partition coefficient (Wildman–Crippen LogP) is -4.18. The zero-order valence-electron chi connectivity index (χ0n) is 33.2. The van der Waals surface area contributed by atoms with E-state index in [4.69, 9.17) is 22.0 Å². The Kier molecular flexibility index (Phi) is 18.7. The third-order valence-corrected chi connectivity index (χ3v) is 9.37. The van der Waals surface area contributed by atoms with E-state index in [1.807, 2.05) is 23.9 Å². The molecule has 1 aromatic heterocycles. The first kappa shape index (κ1) is 47.6. The van der Waals surface area contributed by atoms with Gasteiger partial charge in [-0.2, -0.15) is 17.6 Å². The molecule has 328 valence electrons. The van der Waals surface area contributed by atoms with Crippen molar-refractivity contribution in [2.45, 2.75) is 43.8 Å². The maximum Gasteiger partial charge on any atom is 0.327 e. The second-order valence-electron chi connectivity index (χ2n) is 13.6. The number of guanidine groups is 1. The van der Waals surface area contributed by atoms with Crippen molar-refractivity contribution in [3.8, 4) is 0 Å². The molecule has 2 aromatic rings. The van der Waals surface area contributed by atoms with E-state index in [1.54, 1.807) is 24.3 Å². The summed E-state index contributed by atoms with van der Waals surface area (Å²) in [4.78, 5) is 109. The monoisotopic (exact) mass is 859 g/mol. The van der Waals surface area contributed by atoms with Gasteiger partial charge in [-0.05, 0) is 43.5 Å². The zero-order valence-corrected chi connectivity index (χ0v) is 34.1. The van der Waals surface area contributed by atoms with Gasteiger partial charge < -0.3 is 68.9 Å². The highest BCUT2D eigenvalue weighted by Gasteiger charge is 2.28. The van der Waals surface area contributed by atoms with Crippen LogP contribution in [0, 0.1) is 5.41 Å². The standard InChI is InChI=1S/C35H53N15O9S/c1-49(17-21-13-43-29-28(50(21)2)32(57)48-35(38)47-29)20-9-7-19(8-10-20)30(55)39-11-4-6-24(51)41-15-26(53)45-22(5-3-12-40-34(36)37)31(56)44-14-25(52)42-16-27(54)46-23(18-60)33(58)59/h7-10,21-23,60H,3-6,11-18H2,1-2H3,(H,39,55)(H,41,51)(H,42,52)(H,44,56)(H,45,53)(H,46,54)(H,58,59)(H4,36,37,40)(H4,38,43,47,48,57). The molecular formula is C35H53N15O9S. The van der Waals surface area contributed by atoms with Gasteiger partial charge in [0.1, 0.15) is 17.8 Å². The van der Waals surface area contributed by atoms with E-state index >= 15 is 0 Å². The van der Waals surface area contributed by atoms with Gasteiger partial charge in [0.15, 0.2) is 11.8 Å². The normalized spacial score (nSPS) is 13.8. The molecule has 0 saturated heterocycles. The number of carbonyl (C=O) groups excluding carboxylic acids is 6. The number of thiol groups is 1. The van der Waals surface area contributed by atoms with Crippen LogP contribution in [0.5, 0.6) is 0 Å². The molecule has 3 atom stereocenters. The molecular weight excluding hydrogens is 807 g/mol. The Balaban J connectivity index is 1.38. The summed E-state index contributed by atoms with van der Waals surface area (Å²) < 4.78 is 0. The number of nitrogens with one attached hydrogen (secondary N) is 10. The topological polar surface area (TPSA) is 364 Å². The Hall–Kier alpha value is -6.79. The number of carbonyl (C=O) groups is 7. The number of nitrogens with zero attached hydrogens (tertiary/aromatic N) is 3. The first-order valence-corrected chi connectivity index (χ1v) is 19.4. The van der Waals surface area contributed by atoms with Crippen LogP contribution < -0.4 is 69.4 Å². The van der Waals surface area contributed by atoms with Crippen molar-refractivity contribution in [3.63, 3.8) is 0 Å². The number of benzene rings is 1. The van der Waals surface area contributed by atoms with Crippen LogP contribution in [0.4, 0.5) is 23.1 Å². The lowest BCUT2D eigenvalue weighted by Crippen LogP contribution is -2.52. The number of aromatic amines is 1. The van der Waals surface area contributed by atoms with Crippen molar-refractivity contribution in [1.82, 2.24) is 47.2 Å². The zero-order chi connectivity index (χ0) is 44.4. The number of rotatable bonds is 23. The summed E-state index contributed by atoms with van der Waals surface area (Å²) in [7, 11) is 3.71. The summed E-state index contributed by atoms with van der Waals surface area (Å²) in [5.41, 5.74) is 12.3. The third-order valence-electron chi connectivity index (χ3n) is 9.01. The highest BCUT2D eigenvalue weighted by molar-refractivity contribution is 7.80. The van der Waals surface area contributed by atoms with Gasteiger partial charge in [0.05, 0.1) is 25.7 Å². The van der Waals surface area contributed by atoms with Crippen LogP contribution in [0.15, 0.2) is 29.1 Å². The molecule has 25 heteroatoms. The molecule has 15 N–H and O–H groups in total. The SMILES string of the molecule is CN(CC1CNc2nc(N)[nH]c(=O)c2N1C)c1ccc(C(=O)NCCCC(=O)NCC(=O)NC(CCCNC(=N)N)C(=O)NCC(=O)NCC(=O)NC(CS)C(=O)O)cc1. The molecule has 0 bridgehead atoms. The van der Waals surface area contributed by atoms with E-state index in [-0.39, 0.29) is 73.9 Å². The molecule has 60 heavy (non-hydrogen) atoms. The Morgan fingerprint density at radius 1 is 0.933 bits per heavy atom. The average molecular weight is 860 g/mol. The van der Waals surface area contributed by atoms with E-state index in [9.17, 15) is 38.4 Å². The van der Waals surface area contributed by atoms with Gasteiger partial charge >= 0.3 is 5.97 Å². The number of hydrogen-bond donors (Lipinski definition) is 14. The van der Waals surface area contributed by atoms with Gasteiger partial charge in [0.25, 0.3) is 11.5 Å². The van der Waals surface area contributed by atoms with Crippen LogP contribution in [0.2, 0.25) is 0 Å². The minimum Gasteiger partial charge on any atom is -0.480 e. The summed E-state index contributed by atoms with van der Waals surface area (Å²) in [6, 6.07) is 4.50. The summed E-state index contributed by atoms with van der Waals surface area (Å²) >= 11 is 3.84. The van der Waals surface area contributed by atoms with Gasteiger partial charge in [-0.3, -0.25) is 44.0 Å². The quantitative estimate of drug-likeness (QED) is 0.0218. The number of nitrogen functional groups attached to an aromatic ring is 1. The van der Waals surface area contributed by atoms with Crippen molar-refractivity contribution in [3.05, 3.63) is 40.2 Å². The molecule has 0 spiro atoms. The molecule has 6 amide bonds. The number of hydrogen-bond acceptors (Lipinski definition) is 15. The number of carboxylic acids is 1. The van der Waals surface area contributed by atoms with E-state index in [1.165, 1.54) is 0 Å². The molecule has 1 aliphatic heterocycles. The molecule has 0 fully saturated rings. The number of carboxylic acid groups (broad SMARTS) is 1. The third kappa shape index (κ3) is 15.5. The van der Waals surface area contributed by atoms with Crippen molar-refractivity contribution < 1.29 is 38.7 Å². The van der Waals surface area contributed by atoms with E-state index < -0.39 is 67.2 Å². The summed E-state index contributed by atoms with van der Waals surface area (Å²) in [6.07, 6.45) is 0.605. The molecule has 1 aromatic carbocycles. The maximum atomic E-state index is 12.9. The van der Waals surface area contributed by atoms with Crippen molar-refractivity contribution >= 4 is 83.1 Å². The van der Waals surface area contributed by atoms with Crippen molar-refractivity contribution in [2.24, 2.45) is 5.73 Å². The minimum absolute atomic E-state index is 0.0130. The fourth-order valence-corrected chi connectivity index (χ4v) is 6.02. The fourth-order valence-electron chi connectivity index (χ4n) is 5.77. The number of likely N-dealkylation sites (N-methyl/N-ethyl adjacent to an activating group) is 2. The van der Waals surface area contributed by atoms with Crippen LogP contribution in [0.1, 0.15) is 36.0 Å². The largest absolute Gasteiger partial charge is 0.480 e. The van der Waals surface area contributed by atoms with Gasteiger partial charge in [-0.1, -0.05) is 0 Å². The first-order chi connectivity index (χ1) is 28.5. The number of nitrogens with two attached hydrogens (primary N) is 2. The number of aliphatic carboxylic acids is 1. The number of H-pyrrole nitrogens is 1. The summed E-state index contributed by atoms with van der Waals surface area (Å²) in [5, 5.41) is 36.5. The van der Waals surface area contributed by atoms with Gasteiger partial charge in [0.2, 0.25) is 35.5 Å². The summed E-state index contributed by atoms with van der Waals surface area (Å²) in [6.45, 7) is -0.121. The molecule has 0 saturated carbocycles. The lowest BCUT2D eigenvalue weighted by Gasteiger charge is -2.37. The van der Waals surface area contributed by atoms with E-state index in [2.05, 4.69) is 65.1 Å². The van der Waals surface area contributed by atoms with Crippen molar-refractivity contribution in [2.75, 3.05) is 86.5 Å². The molecule has 24 nitrogen and oxygen atoms in total. The second-order valence-corrected chi connectivity index (χ2v) is 14.0. The van der Waals surface area contributed by atoms with Gasteiger partial charge in [-0.25, -0.2) is 4.79 Å². The Bertz CT molecular complexity index is 1930. The highest BCUT2D eigenvalue weighted by atomic mass is 32.1. The van der Waals surface area contributed by atoms with Crippen LogP contribution in [0.25, 0.3) is 0 Å². The molecule has 1 aliphatic rings. The van der Waals surface area contributed by atoms with Crippen LogP contribution in [-0.2, 0) is 28.8 Å². The number of aromatic nitrogens is 2. The second kappa shape index (κ2) is 23.6. The van der Waals surface area contributed by atoms with Crippen molar-refractivity contribution in [1.29, 1.82) is 5.41 Å². The molecule has 0 radical (unpaired) electrons. The Labute approximate surface area is 350 Å². The fraction of sp³-hybridized carbons (Fsp3) is 0.486. The van der Waals surface area contributed by atoms with E-state index in [0.29, 0.717) is 30.2 Å². The lowest BCUT2D eigenvalue weighted by atomic mass is 10.1. The lowest BCUT2D eigenvalue weighted by molar-refractivity contribution is -0.141.